The minimum absolute atomic E-state index is 0.307. The van der Waals surface area contributed by atoms with Crippen molar-refractivity contribution in [3.05, 3.63) is 41.3 Å². The lowest BCUT2D eigenvalue weighted by molar-refractivity contribution is 0.125. The standard InChI is InChI=1S/C17H18N2OS/c1-11-9-10-14(21-11)15-16(20-17(2,3)4)19-13-8-6-5-7-12(13)18-15/h5-10H,1-4H3. The molecule has 0 atom stereocenters. The summed E-state index contributed by atoms with van der Waals surface area (Å²) in [7, 11) is 0. The molecule has 0 aliphatic rings. The molecule has 0 spiro atoms. The summed E-state index contributed by atoms with van der Waals surface area (Å²) in [5.74, 6) is 0.600. The fourth-order valence-electron chi connectivity index (χ4n) is 2.07. The second-order valence-electron chi connectivity index (χ2n) is 5.99. The molecule has 0 saturated carbocycles. The summed E-state index contributed by atoms with van der Waals surface area (Å²) in [4.78, 5) is 11.8. The number of hydrogen-bond acceptors (Lipinski definition) is 4. The molecule has 0 aliphatic heterocycles. The van der Waals surface area contributed by atoms with E-state index >= 15 is 0 Å². The normalized spacial score (nSPS) is 11.8. The fourth-order valence-corrected chi connectivity index (χ4v) is 2.92. The predicted octanol–water partition coefficient (Wildman–Crippen LogP) is 4.84. The van der Waals surface area contributed by atoms with Crippen LogP contribution in [0.1, 0.15) is 25.6 Å². The van der Waals surface area contributed by atoms with Crippen LogP contribution in [0.3, 0.4) is 0 Å². The number of fused-ring (bicyclic) bond motifs is 1. The second-order valence-corrected chi connectivity index (χ2v) is 7.28. The van der Waals surface area contributed by atoms with Crippen LogP contribution in [0.4, 0.5) is 0 Å². The number of benzene rings is 1. The number of thiophene rings is 1. The highest BCUT2D eigenvalue weighted by Crippen LogP contribution is 2.34. The van der Waals surface area contributed by atoms with Crippen LogP contribution in [0.5, 0.6) is 5.88 Å². The third-order valence-electron chi connectivity index (χ3n) is 2.92. The average molecular weight is 298 g/mol. The van der Waals surface area contributed by atoms with E-state index in [1.165, 1.54) is 4.88 Å². The molecule has 2 aromatic heterocycles. The molecule has 0 N–H and O–H groups in total. The molecule has 108 valence electrons. The van der Waals surface area contributed by atoms with Crippen LogP contribution >= 0.6 is 11.3 Å². The molecule has 3 nitrogen and oxygen atoms in total. The van der Waals surface area contributed by atoms with Crippen LogP contribution in [-0.2, 0) is 0 Å². The van der Waals surface area contributed by atoms with E-state index in [-0.39, 0.29) is 5.60 Å². The van der Waals surface area contributed by atoms with E-state index in [0.717, 1.165) is 21.6 Å². The Bertz CT molecular complexity index is 787. The average Bonchev–Trinajstić information content (AvgIpc) is 2.82. The first kappa shape index (κ1) is 14.0. The quantitative estimate of drug-likeness (QED) is 0.678. The molecule has 0 saturated heterocycles. The first-order valence-electron chi connectivity index (χ1n) is 6.95. The van der Waals surface area contributed by atoms with Crippen LogP contribution in [0.25, 0.3) is 21.6 Å². The maximum Gasteiger partial charge on any atom is 0.242 e. The van der Waals surface area contributed by atoms with Crippen molar-refractivity contribution in [1.29, 1.82) is 0 Å². The van der Waals surface area contributed by atoms with Crippen LogP contribution in [0, 0.1) is 6.92 Å². The predicted molar refractivity (Wildman–Crippen MR) is 88.0 cm³/mol. The number of ether oxygens (including phenoxy) is 1. The fraction of sp³-hybridized carbons (Fsp3) is 0.294. The van der Waals surface area contributed by atoms with Crippen molar-refractivity contribution in [3.63, 3.8) is 0 Å². The van der Waals surface area contributed by atoms with Gasteiger partial charge in [-0.1, -0.05) is 12.1 Å². The summed E-state index contributed by atoms with van der Waals surface area (Å²) < 4.78 is 6.04. The summed E-state index contributed by atoms with van der Waals surface area (Å²) in [6, 6.07) is 12.1. The molecule has 0 radical (unpaired) electrons. The van der Waals surface area contributed by atoms with E-state index < -0.39 is 0 Å². The first-order valence-corrected chi connectivity index (χ1v) is 7.77. The van der Waals surface area contributed by atoms with Crippen LogP contribution < -0.4 is 4.74 Å². The van der Waals surface area contributed by atoms with Gasteiger partial charge in [0, 0.05) is 4.88 Å². The summed E-state index contributed by atoms with van der Waals surface area (Å²) >= 11 is 1.71. The lowest BCUT2D eigenvalue weighted by Gasteiger charge is -2.21. The van der Waals surface area contributed by atoms with Crippen molar-refractivity contribution in [2.45, 2.75) is 33.3 Å². The van der Waals surface area contributed by atoms with E-state index in [4.69, 9.17) is 9.72 Å². The van der Waals surface area contributed by atoms with Crippen molar-refractivity contribution in [2.24, 2.45) is 0 Å². The topological polar surface area (TPSA) is 35.0 Å². The van der Waals surface area contributed by atoms with Gasteiger partial charge in [-0.15, -0.1) is 11.3 Å². The summed E-state index contributed by atoms with van der Waals surface area (Å²) in [5.41, 5.74) is 2.26. The van der Waals surface area contributed by atoms with Gasteiger partial charge in [0.15, 0.2) is 0 Å². The lowest BCUT2D eigenvalue weighted by Crippen LogP contribution is -2.24. The molecule has 0 aliphatic carbocycles. The van der Waals surface area contributed by atoms with Crippen molar-refractivity contribution in [2.75, 3.05) is 0 Å². The molecule has 2 heterocycles. The highest BCUT2D eigenvalue weighted by molar-refractivity contribution is 7.15. The number of hydrogen-bond donors (Lipinski definition) is 0. The van der Waals surface area contributed by atoms with Gasteiger partial charge in [-0.25, -0.2) is 9.97 Å². The third kappa shape index (κ3) is 3.05. The Kier molecular flexibility index (Phi) is 3.41. The molecular weight excluding hydrogens is 280 g/mol. The van der Waals surface area contributed by atoms with E-state index in [2.05, 4.69) is 24.0 Å². The summed E-state index contributed by atoms with van der Waals surface area (Å²) in [6.45, 7) is 8.15. The van der Waals surface area contributed by atoms with Crippen molar-refractivity contribution >= 4 is 22.4 Å². The van der Waals surface area contributed by atoms with Crippen molar-refractivity contribution in [1.82, 2.24) is 9.97 Å². The zero-order valence-corrected chi connectivity index (χ0v) is 13.5. The third-order valence-corrected chi connectivity index (χ3v) is 3.92. The number of aryl methyl sites for hydroxylation is 1. The molecule has 4 heteroatoms. The van der Waals surface area contributed by atoms with Gasteiger partial charge < -0.3 is 4.74 Å². The smallest absolute Gasteiger partial charge is 0.242 e. The second kappa shape index (κ2) is 5.11. The SMILES string of the molecule is Cc1ccc(-c2nc3ccccc3nc2OC(C)(C)C)s1. The Morgan fingerprint density at radius 3 is 2.19 bits per heavy atom. The Hall–Kier alpha value is -1.94. The van der Waals surface area contributed by atoms with Gasteiger partial charge in [-0.05, 0) is 52.0 Å². The summed E-state index contributed by atoms with van der Waals surface area (Å²) in [5, 5.41) is 0. The highest BCUT2D eigenvalue weighted by Gasteiger charge is 2.19. The van der Waals surface area contributed by atoms with Gasteiger partial charge in [0.25, 0.3) is 0 Å². The van der Waals surface area contributed by atoms with Crippen LogP contribution in [0.2, 0.25) is 0 Å². The Labute approximate surface area is 128 Å². The Morgan fingerprint density at radius 1 is 0.952 bits per heavy atom. The summed E-state index contributed by atoms with van der Waals surface area (Å²) in [6.07, 6.45) is 0. The number of aromatic nitrogens is 2. The van der Waals surface area contributed by atoms with Crippen LogP contribution in [-0.4, -0.2) is 15.6 Å². The molecule has 0 unspecified atom stereocenters. The Balaban J connectivity index is 2.21. The zero-order valence-electron chi connectivity index (χ0n) is 12.7. The molecule has 21 heavy (non-hydrogen) atoms. The number of rotatable bonds is 2. The van der Waals surface area contributed by atoms with E-state index in [0.29, 0.717) is 5.88 Å². The molecule has 0 bridgehead atoms. The zero-order chi connectivity index (χ0) is 15.0. The maximum atomic E-state index is 6.04. The van der Waals surface area contributed by atoms with Crippen molar-refractivity contribution in [3.8, 4) is 16.5 Å². The first-order chi connectivity index (χ1) is 9.92. The maximum absolute atomic E-state index is 6.04. The largest absolute Gasteiger partial charge is 0.470 e. The highest BCUT2D eigenvalue weighted by atomic mass is 32.1. The minimum atomic E-state index is -0.307. The van der Waals surface area contributed by atoms with Gasteiger partial charge in [0.1, 0.15) is 11.3 Å². The molecule has 1 aromatic carbocycles. The van der Waals surface area contributed by atoms with Crippen molar-refractivity contribution < 1.29 is 4.74 Å². The number of para-hydroxylation sites is 2. The number of nitrogens with zero attached hydrogens (tertiary/aromatic N) is 2. The molecule has 3 aromatic rings. The van der Waals surface area contributed by atoms with Gasteiger partial charge in [0.2, 0.25) is 5.88 Å². The molecule has 3 rings (SSSR count). The van der Waals surface area contributed by atoms with Gasteiger partial charge in [-0.3, -0.25) is 0 Å². The van der Waals surface area contributed by atoms with Gasteiger partial charge >= 0.3 is 0 Å². The molecular formula is C17H18N2OS. The Morgan fingerprint density at radius 2 is 1.62 bits per heavy atom. The minimum Gasteiger partial charge on any atom is -0.470 e. The van der Waals surface area contributed by atoms with E-state index in [9.17, 15) is 0 Å². The molecule has 0 amide bonds. The van der Waals surface area contributed by atoms with Crippen LogP contribution in [0.15, 0.2) is 36.4 Å². The van der Waals surface area contributed by atoms with E-state index in [1.807, 2.05) is 45.0 Å². The van der Waals surface area contributed by atoms with E-state index in [1.54, 1.807) is 11.3 Å². The molecule has 0 fully saturated rings. The monoisotopic (exact) mass is 298 g/mol. The van der Waals surface area contributed by atoms with Gasteiger partial charge in [0.05, 0.1) is 15.9 Å². The van der Waals surface area contributed by atoms with Gasteiger partial charge in [-0.2, -0.15) is 0 Å². The lowest BCUT2D eigenvalue weighted by atomic mass is 10.2.